The minimum Gasteiger partial charge on any atom is -0.493 e. The molecule has 154 valence electrons. The maximum absolute atomic E-state index is 12.7. The van der Waals surface area contributed by atoms with Crippen molar-refractivity contribution in [2.75, 3.05) is 13.2 Å². The molecule has 0 radical (unpaired) electrons. The number of ether oxygens (including phenoxy) is 3. The molecular formula is C25H30O4. The molecule has 0 saturated carbocycles. The van der Waals surface area contributed by atoms with Gasteiger partial charge in [0, 0.05) is 5.56 Å². The van der Waals surface area contributed by atoms with Gasteiger partial charge in [-0.15, -0.1) is 0 Å². The predicted octanol–water partition coefficient (Wildman–Crippen LogP) is 6.25. The molecule has 0 bridgehead atoms. The highest BCUT2D eigenvalue weighted by molar-refractivity contribution is 6.07. The third kappa shape index (κ3) is 6.24. The summed E-state index contributed by atoms with van der Waals surface area (Å²) in [5, 5.41) is 0. The first-order chi connectivity index (χ1) is 14.0. The van der Waals surface area contributed by atoms with Crippen LogP contribution in [0.2, 0.25) is 0 Å². The first-order valence-corrected chi connectivity index (χ1v) is 10.1. The summed E-state index contributed by atoms with van der Waals surface area (Å²) < 4.78 is 17.2. The number of carbonyl (C=O) groups excluding carboxylic acids is 1. The second-order valence-corrected chi connectivity index (χ2v) is 6.61. The van der Waals surface area contributed by atoms with E-state index in [2.05, 4.69) is 13.5 Å². The van der Waals surface area contributed by atoms with Crippen LogP contribution in [0.15, 0.2) is 54.8 Å². The summed E-state index contributed by atoms with van der Waals surface area (Å²) in [6.07, 6.45) is 5.26. The van der Waals surface area contributed by atoms with E-state index in [1.807, 2.05) is 26.0 Å². The van der Waals surface area contributed by atoms with Crippen molar-refractivity contribution in [3.05, 3.63) is 71.5 Å². The molecule has 0 saturated heterocycles. The maximum atomic E-state index is 12.7. The molecule has 2 aromatic rings. The lowest BCUT2D eigenvalue weighted by molar-refractivity contribution is 0.104. The normalized spacial score (nSPS) is 10.8. The largest absolute Gasteiger partial charge is 0.493 e. The Morgan fingerprint density at radius 3 is 2.28 bits per heavy atom. The van der Waals surface area contributed by atoms with Crippen LogP contribution in [0, 0.1) is 0 Å². The highest BCUT2D eigenvalue weighted by Crippen LogP contribution is 2.35. The van der Waals surface area contributed by atoms with Gasteiger partial charge < -0.3 is 14.2 Å². The third-order valence-corrected chi connectivity index (χ3v) is 4.18. The fourth-order valence-corrected chi connectivity index (χ4v) is 2.99. The maximum Gasteiger partial charge on any atom is 0.185 e. The molecule has 0 unspecified atom stereocenters. The minimum atomic E-state index is -0.0994. The molecule has 0 N–H and O–H groups in total. The van der Waals surface area contributed by atoms with Crippen LogP contribution in [0.4, 0.5) is 0 Å². The monoisotopic (exact) mass is 394 g/mol. The average molecular weight is 395 g/mol. The molecule has 2 rings (SSSR count). The SMILES string of the molecule is C=C(C)Oc1ccc(C(=O)C=Cc2c(OCC)ccc(CCC)c2OCC)cc1. The zero-order chi connectivity index (χ0) is 21.2. The number of hydrogen-bond donors (Lipinski definition) is 0. The van der Waals surface area contributed by atoms with Crippen LogP contribution >= 0.6 is 0 Å². The summed E-state index contributed by atoms with van der Waals surface area (Å²) in [6.45, 7) is 12.6. The Bertz CT molecular complexity index is 863. The van der Waals surface area contributed by atoms with E-state index in [0.717, 1.165) is 29.7 Å². The Morgan fingerprint density at radius 1 is 1.00 bits per heavy atom. The van der Waals surface area contributed by atoms with Crippen LogP contribution in [-0.4, -0.2) is 19.0 Å². The van der Waals surface area contributed by atoms with Crippen molar-refractivity contribution in [1.29, 1.82) is 0 Å². The van der Waals surface area contributed by atoms with Crippen molar-refractivity contribution in [2.45, 2.75) is 40.5 Å². The lowest BCUT2D eigenvalue weighted by Crippen LogP contribution is -2.03. The topological polar surface area (TPSA) is 44.8 Å². The molecule has 0 aliphatic rings. The molecule has 0 fully saturated rings. The van der Waals surface area contributed by atoms with Gasteiger partial charge in [0.25, 0.3) is 0 Å². The first-order valence-electron chi connectivity index (χ1n) is 10.1. The quantitative estimate of drug-likeness (QED) is 0.257. The lowest BCUT2D eigenvalue weighted by Gasteiger charge is -2.16. The molecule has 29 heavy (non-hydrogen) atoms. The molecule has 2 aromatic carbocycles. The molecule has 0 atom stereocenters. The summed E-state index contributed by atoms with van der Waals surface area (Å²) in [5.74, 6) is 2.66. The molecule has 4 heteroatoms. The summed E-state index contributed by atoms with van der Waals surface area (Å²) in [4.78, 5) is 12.7. The van der Waals surface area contributed by atoms with Gasteiger partial charge >= 0.3 is 0 Å². The number of carbonyl (C=O) groups is 1. The van der Waals surface area contributed by atoms with Crippen molar-refractivity contribution in [3.63, 3.8) is 0 Å². The van der Waals surface area contributed by atoms with Gasteiger partial charge in [-0.25, -0.2) is 0 Å². The standard InChI is InChI=1S/C25H30O4/c1-6-9-20-12-17-24(27-7-2)22(25(20)28-8-3)15-16-23(26)19-10-13-21(14-11-19)29-18(4)5/h10-17H,4,6-9H2,1-3,5H3. The van der Waals surface area contributed by atoms with Crippen LogP contribution in [0.25, 0.3) is 6.08 Å². The second-order valence-electron chi connectivity index (χ2n) is 6.61. The van der Waals surface area contributed by atoms with Gasteiger partial charge in [0.1, 0.15) is 17.2 Å². The number of rotatable bonds is 11. The van der Waals surface area contributed by atoms with Gasteiger partial charge in [0.15, 0.2) is 5.78 Å². The Labute approximate surface area is 173 Å². The zero-order valence-electron chi connectivity index (χ0n) is 17.8. The van der Waals surface area contributed by atoms with Crippen LogP contribution in [-0.2, 0) is 6.42 Å². The van der Waals surface area contributed by atoms with Gasteiger partial charge in [0.2, 0.25) is 0 Å². The van der Waals surface area contributed by atoms with E-state index in [1.54, 1.807) is 43.3 Å². The zero-order valence-corrected chi connectivity index (χ0v) is 17.8. The summed E-state index contributed by atoms with van der Waals surface area (Å²) in [5.41, 5.74) is 2.50. The third-order valence-electron chi connectivity index (χ3n) is 4.18. The average Bonchev–Trinajstić information content (AvgIpc) is 2.69. The fourth-order valence-electron chi connectivity index (χ4n) is 2.99. The van der Waals surface area contributed by atoms with Crippen molar-refractivity contribution in [2.24, 2.45) is 0 Å². The van der Waals surface area contributed by atoms with Crippen molar-refractivity contribution < 1.29 is 19.0 Å². The number of ketones is 1. The van der Waals surface area contributed by atoms with Gasteiger partial charge in [-0.2, -0.15) is 0 Å². The van der Waals surface area contributed by atoms with Gasteiger partial charge in [-0.1, -0.05) is 26.0 Å². The molecule has 0 aliphatic heterocycles. The van der Waals surface area contributed by atoms with E-state index in [1.165, 1.54) is 0 Å². The molecule has 0 amide bonds. The van der Waals surface area contributed by atoms with Gasteiger partial charge in [0.05, 0.1) is 24.5 Å². The van der Waals surface area contributed by atoms with Crippen LogP contribution in [0.5, 0.6) is 17.2 Å². The predicted molar refractivity (Wildman–Crippen MR) is 118 cm³/mol. The Hall–Kier alpha value is -3.01. The molecule has 0 heterocycles. The van der Waals surface area contributed by atoms with Crippen molar-refractivity contribution in [1.82, 2.24) is 0 Å². The lowest BCUT2D eigenvalue weighted by atomic mass is 10.0. The number of allylic oxidation sites excluding steroid dienone is 2. The first kappa shape index (κ1) is 22.3. The Morgan fingerprint density at radius 2 is 1.69 bits per heavy atom. The smallest absolute Gasteiger partial charge is 0.185 e. The van der Waals surface area contributed by atoms with Crippen LogP contribution in [0.3, 0.4) is 0 Å². The number of aryl methyl sites for hydroxylation is 1. The number of hydrogen-bond acceptors (Lipinski definition) is 4. The highest BCUT2D eigenvalue weighted by atomic mass is 16.5. The molecular weight excluding hydrogens is 364 g/mol. The second kappa shape index (κ2) is 11.1. The number of benzene rings is 2. The van der Waals surface area contributed by atoms with Gasteiger partial charge in [-0.3, -0.25) is 4.79 Å². The van der Waals surface area contributed by atoms with E-state index in [4.69, 9.17) is 14.2 Å². The molecule has 0 aromatic heterocycles. The Kier molecular flexibility index (Phi) is 8.53. The van der Waals surface area contributed by atoms with Crippen molar-refractivity contribution >= 4 is 11.9 Å². The van der Waals surface area contributed by atoms with Crippen LogP contribution in [0.1, 0.15) is 55.6 Å². The Balaban J connectivity index is 2.34. The fraction of sp³-hybridized carbons (Fsp3) is 0.320. The van der Waals surface area contributed by atoms with E-state index < -0.39 is 0 Å². The molecule has 4 nitrogen and oxygen atoms in total. The minimum absolute atomic E-state index is 0.0994. The van der Waals surface area contributed by atoms with Gasteiger partial charge in [-0.05, 0) is 75.2 Å². The summed E-state index contributed by atoms with van der Waals surface area (Å²) >= 11 is 0. The molecule has 0 aliphatic carbocycles. The van der Waals surface area contributed by atoms with Crippen molar-refractivity contribution in [3.8, 4) is 17.2 Å². The van der Waals surface area contributed by atoms with Crippen LogP contribution < -0.4 is 14.2 Å². The van der Waals surface area contributed by atoms with E-state index >= 15 is 0 Å². The highest BCUT2D eigenvalue weighted by Gasteiger charge is 2.14. The van der Waals surface area contributed by atoms with E-state index in [-0.39, 0.29) is 5.78 Å². The van der Waals surface area contributed by atoms with E-state index in [0.29, 0.717) is 36.0 Å². The van der Waals surface area contributed by atoms with E-state index in [9.17, 15) is 4.79 Å². The molecule has 0 spiro atoms. The summed E-state index contributed by atoms with van der Waals surface area (Å²) in [6, 6.07) is 11.0. The summed E-state index contributed by atoms with van der Waals surface area (Å²) in [7, 11) is 0.